The fourth-order valence-electron chi connectivity index (χ4n) is 4.71. The Morgan fingerprint density at radius 1 is 1.26 bits per heavy atom. The average molecular weight is 424 g/mol. The molecule has 0 radical (unpaired) electrons. The first-order valence-corrected chi connectivity index (χ1v) is 11.4. The smallest absolute Gasteiger partial charge is 0.251 e. The third kappa shape index (κ3) is 5.56. The molecule has 3 rings (SSSR count). The van der Waals surface area contributed by atoms with Crippen LogP contribution in [0, 0.1) is 6.92 Å². The van der Waals surface area contributed by atoms with Gasteiger partial charge in [-0.2, -0.15) is 0 Å². The van der Waals surface area contributed by atoms with Crippen LogP contribution in [0.1, 0.15) is 59.9 Å². The number of hydrogen-bond acceptors (Lipinski definition) is 4. The summed E-state index contributed by atoms with van der Waals surface area (Å²) in [5, 5.41) is 3.05. The van der Waals surface area contributed by atoms with Gasteiger partial charge in [0.1, 0.15) is 5.82 Å². The zero-order chi connectivity index (χ0) is 22.4. The normalized spacial score (nSPS) is 18.7. The Morgan fingerprint density at radius 2 is 1.97 bits per heavy atom. The zero-order valence-corrected chi connectivity index (χ0v) is 19.4. The molecule has 1 aromatic carbocycles. The van der Waals surface area contributed by atoms with Gasteiger partial charge in [-0.15, -0.1) is 0 Å². The molecule has 6 nitrogen and oxygen atoms in total. The van der Waals surface area contributed by atoms with Crippen molar-refractivity contribution in [2.75, 3.05) is 32.1 Å². The number of H-pyrrole nitrogens is 1. The zero-order valence-electron chi connectivity index (χ0n) is 19.4. The van der Waals surface area contributed by atoms with Crippen LogP contribution >= 0.6 is 0 Å². The van der Waals surface area contributed by atoms with E-state index in [1.54, 1.807) is 12.4 Å². The van der Waals surface area contributed by atoms with Crippen molar-refractivity contribution in [2.45, 2.75) is 58.0 Å². The maximum Gasteiger partial charge on any atom is 0.251 e. The van der Waals surface area contributed by atoms with E-state index in [1.165, 1.54) is 25.7 Å². The van der Waals surface area contributed by atoms with E-state index in [2.05, 4.69) is 65.7 Å². The third-order valence-corrected chi connectivity index (χ3v) is 6.57. The Bertz CT molecular complexity index is 866. The average Bonchev–Trinajstić information content (AvgIpc) is 3.29. The van der Waals surface area contributed by atoms with E-state index in [9.17, 15) is 4.79 Å². The summed E-state index contributed by atoms with van der Waals surface area (Å²) in [6.07, 6.45) is 10.8. The number of hydrogen-bond donors (Lipinski definition) is 2. The van der Waals surface area contributed by atoms with Crippen LogP contribution < -0.4 is 10.2 Å². The topological polar surface area (TPSA) is 64.3 Å². The third-order valence-electron chi connectivity index (χ3n) is 6.57. The van der Waals surface area contributed by atoms with Gasteiger partial charge >= 0.3 is 0 Å². The Hall–Kier alpha value is -2.60. The van der Waals surface area contributed by atoms with Gasteiger partial charge in [0.05, 0.1) is 0 Å². The summed E-state index contributed by atoms with van der Waals surface area (Å²) >= 11 is 0. The lowest BCUT2D eigenvalue weighted by molar-refractivity contribution is 0.0953. The lowest BCUT2D eigenvalue weighted by Crippen LogP contribution is -2.42. The number of imidazole rings is 1. The minimum absolute atomic E-state index is 0.0404. The number of nitrogens with one attached hydrogen (secondary N) is 2. The largest absolute Gasteiger partial charge is 0.369 e. The Morgan fingerprint density at radius 3 is 2.55 bits per heavy atom. The summed E-state index contributed by atoms with van der Waals surface area (Å²) in [5.41, 5.74) is 3.91. The monoisotopic (exact) mass is 423 g/mol. The summed E-state index contributed by atoms with van der Waals surface area (Å²) in [4.78, 5) is 25.2. The first kappa shape index (κ1) is 23.1. The molecule has 2 N–H and O–H groups in total. The number of aromatic amines is 1. The van der Waals surface area contributed by atoms with E-state index >= 15 is 0 Å². The van der Waals surface area contributed by atoms with Crippen LogP contribution in [0.4, 0.5) is 5.69 Å². The molecule has 0 saturated heterocycles. The number of carbonyl (C=O) groups excluding carboxylic acids is 1. The molecule has 6 heteroatoms. The van der Waals surface area contributed by atoms with Gasteiger partial charge in [-0.1, -0.05) is 12.7 Å². The second-order valence-electron chi connectivity index (χ2n) is 8.67. The SMILES string of the molecule is C=Cc1cc(C(=O)NCCc2ncc[nH]2)c(C)c(N(CC)C2CCC(N(C)C)CC2)c1. The molecule has 1 aromatic heterocycles. The molecule has 168 valence electrons. The highest BCUT2D eigenvalue weighted by molar-refractivity contribution is 5.98. The molecule has 1 saturated carbocycles. The van der Waals surface area contributed by atoms with Gasteiger partial charge in [-0.25, -0.2) is 4.98 Å². The molecule has 2 aromatic rings. The van der Waals surface area contributed by atoms with Crippen LogP contribution in [0.3, 0.4) is 0 Å². The lowest BCUT2D eigenvalue weighted by atomic mass is 9.88. The molecule has 0 aliphatic heterocycles. The van der Waals surface area contributed by atoms with E-state index in [0.29, 0.717) is 25.0 Å². The van der Waals surface area contributed by atoms with Crippen molar-refractivity contribution in [1.29, 1.82) is 0 Å². The van der Waals surface area contributed by atoms with E-state index in [1.807, 2.05) is 12.1 Å². The van der Waals surface area contributed by atoms with E-state index in [0.717, 1.165) is 34.7 Å². The lowest BCUT2D eigenvalue weighted by Gasteiger charge is -2.40. The van der Waals surface area contributed by atoms with Crippen molar-refractivity contribution >= 4 is 17.7 Å². The van der Waals surface area contributed by atoms with Crippen molar-refractivity contribution in [2.24, 2.45) is 0 Å². The van der Waals surface area contributed by atoms with Crippen molar-refractivity contribution in [3.63, 3.8) is 0 Å². The maximum atomic E-state index is 13.0. The Balaban J connectivity index is 1.78. The van der Waals surface area contributed by atoms with Gasteiger partial charge in [0.2, 0.25) is 0 Å². The van der Waals surface area contributed by atoms with Crippen LogP contribution in [-0.2, 0) is 6.42 Å². The fraction of sp³-hybridized carbons (Fsp3) is 0.520. The minimum Gasteiger partial charge on any atom is -0.369 e. The standard InChI is InChI=1S/C25H37N5O/c1-6-19-16-22(25(31)28-13-12-24-26-14-15-27-24)18(3)23(17-19)30(7-2)21-10-8-20(9-11-21)29(4)5/h6,14-17,20-21H,1,7-13H2,2-5H3,(H,26,27)(H,28,31). The summed E-state index contributed by atoms with van der Waals surface area (Å²) < 4.78 is 0. The number of rotatable bonds is 9. The van der Waals surface area contributed by atoms with Crippen molar-refractivity contribution in [3.8, 4) is 0 Å². The molecule has 1 amide bonds. The predicted octanol–water partition coefficient (Wildman–Crippen LogP) is 4.03. The van der Waals surface area contributed by atoms with E-state index in [4.69, 9.17) is 0 Å². The van der Waals surface area contributed by atoms with Gasteiger partial charge in [-0.3, -0.25) is 4.79 Å². The number of benzene rings is 1. The summed E-state index contributed by atoms with van der Waals surface area (Å²) in [5.74, 6) is 0.837. The molecule has 1 aliphatic rings. The number of anilines is 1. The second kappa shape index (κ2) is 10.6. The van der Waals surface area contributed by atoms with Gasteiger partial charge in [0.15, 0.2) is 0 Å². The van der Waals surface area contributed by atoms with Crippen LogP contribution in [0.5, 0.6) is 0 Å². The number of amides is 1. The van der Waals surface area contributed by atoms with Crippen LogP contribution in [0.2, 0.25) is 0 Å². The minimum atomic E-state index is -0.0404. The van der Waals surface area contributed by atoms with Crippen molar-refractivity contribution < 1.29 is 4.79 Å². The van der Waals surface area contributed by atoms with E-state index < -0.39 is 0 Å². The molecule has 1 fully saturated rings. The molecule has 31 heavy (non-hydrogen) atoms. The van der Waals surface area contributed by atoms with Gasteiger partial charge in [-0.05, 0) is 76.9 Å². The molecular formula is C25H37N5O. The Labute approximate surface area is 186 Å². The van der Waals surface area contributed by atoms with Crippen molar-refractivity contribution in [1.82, 2.24) is 20.2 Å². The molecule has 0 spiro atoms. The summed E-state index contributed by atoms with van der Waals surface area (Å²) in [7, 11) is 4.36. The van der Waals surface area contributed by atoms with Crippen LogP contribution in [0.25, 0.3) is 6.08 Å². The molecule has 0 atom stereocenters. The molecule has 0 bridgehead atoms. The maximum absolute atomic E-state index is 13.0. The van der Waals surface area contributed by atoms with Crippen LogP contribution in [-0.4, -0.2) is 60.0 Å². The molecule has 0 unspecified atom stereocenters. The highest BCUT2D eigenvalue weighted by Gasteiger charge is 2.28. The number of carbonyl (C=O) groups is 1. The number of nitrogens with zero attached hydrogens (tertiary/aromatic N) is 3. The highest BCUT2D eigenvalue weighted by atomic mass is 16.1. The number of aromatic nitrogens is 2. The van der Waals surface area contributed by atoms with Gasteiger partial charge in [0.25, 0.3) is 5.91 Å². The predicted molar refractivity (Wildman–Crippen MR) is 129 cm³/mol. The molecule has 1 heterocycles. The van der Waals surface area contributed by atoms with Gasteiger partial charge in [0, 0.05) is 55.2 Å². The second-order valence-corrected chi connectivity index (χ2v) is 8.67. The quantitative estimate of drug-likeness (QED) is 0.639. The van der Waals surface area contributed by atoms with E-state index in [-0.39, 0.29) is 5.91 Å². The molecule has 1 aliphatic carbocycles. The summed E-state index contributed by atoms with van der Waals surface area (Å²) in [6, 6.07) is 5.31. The van der Waals surface area contributed by atoms with Gasteiger partial charge < -0.3 is 20.1 Å². The van der Waals surface area contributed by atoms with Crippen molar-refractivity contribution in [3.05, 3.63) is 53.6 Å². The highest BCUT2D eigenvalue weighted by Crippen LogP contribution is 2.33. The Kier molecular flexibility index (Phi) is 7.91. The first-order chi connectivity index (χ1) is 14.9. The summed E-state index contributed by atoms with van der Waals surface area (Å²) in [6.45, 7) is 9.71. The molecular weight excluding hydrogens is 386 g/mol. The van der Waals surface area contributed by atoms with Crippen LogP contribution in [0.15, 0.2) is 31.1 Å². The first-order valence-electron chi connectivity index (χ1n) is 11.4. The fourth-order valence-corrected chi connectivity index (χ4v) is 4.71.